The smallest absolute Gasteiger partial charge is 0.0351 e. The summed E-state index contributed by atoms with van der Waals surface area (Å²) >= 11 is 0. The van der Waals surface area contributed by atoms with E-state index in [1.54, 1.807) is 14.2 Å². The third kappa shape index (κ3) is 10.1. The summed E-state index contributed by atoms with van der Waals surface area (Å²) in [4.78, 5) is 0. The quantitative estimate of drug-likeness (QED) is 0.314. The Labute approximate surface area is 204 Å². The first-order valence-electron chi connectivity index (χ1n) is 11.7. The van der Waals surface area contributed by atoms with E-state index in [2.05, 4.69) is 131 Å². The molecule has 0 saturated heterocycles. The fourth-order valence-electron chi connectivity index (χ4n) is 3.31. The Balaban J connectivity index is 0.000000480. The molecule has 0 unspecified atom stereocenters. The number of aryl methyl sites for hydroxylation is 2. The van der Waals surface area contributed by atoms with Crippen LogP contribution in [-0.2, 0) is 10.2 Å². The number of hydrogen-bond acceptors (Lipinski definition) is 1. The maximum Gasteiger partial charge on any atom is 0.0351 e. The molecule has 0 aromatic heterocycles. The molecule has 0 heterocycles. The maximum absolute atomic E-state index is 4.25. The molecule has 1 nitrogen and oxygen atoms in total. The van der Waals surface area contributed by atoms with Crippen molar-refractivity contribution < 1.29 is 4.74 Å². The summed E-state index contributed by atoms with van der Waals surface area (Å²) in [6, 6.07) is 25.9. The van der Waals surface area contributed by atoms with Gasteiger partial charge in [-0.2, -0.15) is 0 Å². The highest BCUT2D eigenvalue weighted by Gasteiger charge is 2.34. The van der Waals surface area contributed by atoms with Crippen LogP contribution in [0.2, 0.25) is 0 Å². The summed E-state index contributed by atoms with van der Waals surface area (Å²) in [5.41, 5.74) is 8.52. The van der Waals surface area contributed by atoms with E-state index in [0.717, 1.165) is 0 Å². The predicted octanol–water partition coefficient (Wildman–Crippen LogP) is 9.00. The van der Waals surface area contributed by atoms with E-state index in [9.17, 15) is 0 Å². The van der Waals surface area contributed by atoms with E-state index in [0.29, 0.717) is 0 Å². The maximum atomic E-state index is 4.25. The van der Waals surface area contributed by atoms with Gasteiger partial charge in [-0.3, -0.25) is 0 Å². The molecular formula is C32H44O. The molecule has 0 N–H and O–H groups in total. The molecule has 4 rings (SSSR count). The fourth-order valence-corrected chi connectivity index (χ4v) is 3.31. The van der Waals surface area contributed by atoms with Crippen LogP contribution < -0.4 is 0 Å². The molecule has 0 saturated carbocycles. The Bertz CT molecular complexity index is 893. The largest absolute Gasteiger partial charge is 0.388 e. The molecule has 0 bridgehead atoms. The zero-order valence-electron chi connectivity index (χ0n) is 22.5. The minimum Gasteiger partial charge on any atom is -0.388 e. The lowest BCUT2D eigenvalue weighted by Gasteiger charge is -2.20. The Morgan fingerprint density at radius 3 is 1.18 bits per heavy atom. The predicted molar refractivity (Wildman–Crippen MR) is 148 cm³/mol. The third-order valence-corrected chi connectivity index (χ3v) is 4.96. The van der Waals surface area contributed by atoms with Crippen molar-refractivity contribution in [2.45, 2.75) is 67.2 Å². The van der Waals surface area contributed by atoms with Gasteiger partial charge in [0.15, 0.2) is 0 Å². The zero-order valence-corrected chi connectivity index (χ0v) is 22.5. The van der Waals surface area contributed by atoms with E-state index >= 15 is 0 Å². The molecule has 0 amide bonds. The van der Waals surface area contributed by atoms with Crippen LogP contribution in [-0.4, -0.2) is 14.2 Å². The molecule has 1 aliphatic carbocycles. The summed E-state index contributed by atoms with van der Waals surface area (Å²) in [7, 11) is 3.25. The number of ether oxygens (including phenoxy) is 1. The third-order valence-electron chi connectivity index (χ3n) is 4.96. The molecule has 0 aliphatic heterocycles. The summed E-state index contributed by atoms with van der Waals surface area (Å²) in [6.45, 7) is 16.7. The van der Waals surface area contributed by atoms with Crippen LogP contribution in [0.5, 0.6) is 0 Å². The first-order chi connectivity index (χ1) is 15.7. The van der Waals surface area contributed by atoms with E-state index < -0.39 is 0 Å². The lowest BCUT2D eigenvalue weighted by atomic mass is 9.82. The van der Waals surface area contributed by atoms with Gasteiger partial charge in [-0.25, -0.2) is 0 Å². The van der Waals surface area contributed by atoms with Gasteiger partial charge in [0.1, 0.15) is 0 Å². The molecular weight excluding hydrogens is 400 g/mol. The minimum atomic E-state index is 0.160. The van der Waals surface area contributed by atoms with Crippen LogP contribution in [0.15, 0.2) is 72.8 Å². The molecule has 33 heavy (non-hydrogen) atoms. The molecule has 0 fully saturated rings. The summed E-state index contributed by atoms with van der Waals surface area (Å²) < 4.78 is 4.25. The average molecular weight is 445 g/mol. The fraction of sp³-hybridized carbons (Fsp3) is 0.375. The first-order valence-corrected chi connectivity index (χ1v) is 11.7. The van der Waals surface area contributed by atoms with E-state index in [1.165, 1.54) is 39.8 Å². The van der Waals surface area contributed by atoms with Gasteiger partial charge in [-0.1, -0.05) is 118 Å². The van der Waals surface area contributed by atoms with Crippen molar-refractivity contribution in [2.24, 2.45) is 0 Å². The van der Waals surface area contributed by atoms with Crippen LogP contribution in [0, 0.1) is 25.7 Å². The van der Waals surface area contributed by atoms with Crippen LogP contribution in [0.4, 0.5) is 0 Å². The second kappa shape index (κ2) is 16.8. The van der Waals surface area contributed by atoms with Crippen LogP contribution in [0.1, 0.15) is 70.2 Å². The Morgan fingerprint density at radius 1 is 0.636 bits per heavy atom. The first kappa shape index (κ1) is 30.2. The van der Waals surface area contributed by atoms with Crippen LogP contribution >= 0.6 is 0 Å². The van der Waals surface area contributed by atoms with E-state index in [4.69, 9.17) is 0 Å². The second-order valence-electron chi connectivity index (χ2n) is 8.49. The number of methoxy groups -OCH3 is 1. The Morgan fingerprint density at radius 2 is 0.909 bits per heavy atom. The molecule has 0 atom stereocenters. The van der Waals surface area contributed by atoms with Gasteiger partial charge in [0, 0.05) is 19.6 Å². The monoisotopic (exact) mass is 444 g/mol. The number of rotatable bonds is 0. The van der Waals surface area contributed by atoms with Gasteiger partial charge in [0.2, 0.25) is 0 Å². The molecule has 1 aliphatic rings. The highest BCUT2D eigenvalue weighted by molar-refractivity contribution is 5.80. The van der Waals surface area contributed by atoms with Gasteiger partial charge in [-0.15, -0.1) is 11.8 Å². The topological polar surface area (TPSA) is 9.23 Å². The number of fused-ring (bicyclic) bond motifs is 3. The number of benzene rings is 3. The van der Waals surface area contributed by atoms with Crippen molar-refractivity contribution >= 4 is 0 Å². The highest BCUT2D eigenvalue weighted by atomic mass is 16.4. The van der Waals surface area contributed by atoms with Crippen molar-refractivity contribution in [1.82, 2.24) is 0 Å². The van der Waals surface area contributed by atoms with Crippen molar-refractivity contribution in [1.29, 1.82) is 0 Å². The highest BCUT2D eigenvalue weighted by Crippen LogP contribution is 2.47. The molecule has 3 aromatic carbocycles. The normalized spacial score (nSPS) is 11.0. The molecule has 0 spiro atoms. The van der Waals surface area contributed by atoms with Crippen molar-refractivity contribution in [3.05, 3.63) is 95.1 Å². The van der Waals surface area contributed by atoms with E-state index in [-0.39, 0.29) is 5.41 Å². The zero-order chi connectivity index (χ0) is 25.3. The van der Waals surface area contributed by atoms with Crippen molar-refractivity contribution in [3.63, 3.8) is 0 Å². The second-order valence-corrected chi connectivity index (χ2v) is 8.49. The average Bonchev–Trinajstić information content (AvgIpc) is 3.05. The summed E-state index contributed by atoms with van der Waals surface area (Å²) in [5, 5.41) is 0. The number of hydrogen-bond donors (Lipinski definition) is 0. The van der Waals surface area contributed by atoms with Gasteiger partial charge in [-0.05, 0) is 49.9 Å². The molecule has 1 heteroatoms. The van der Waals surface area contributed by atoms with Crippen molar-refractivity contribution in [2.75, 3.05) is 14.2 Å². The SMILES string of the molecule is CC#CC.CC1(C)c2ccccc2-c2ccccc21.CCC.COC.Cc1ccc(C)cc1. The molecule has 0 radical (unpaired) electrons. The minimum absolute atomic E-state index is 0.160. The van der Waals surface area contributed by atoms with Gasteiger partial charge >= 0.3 is 0 Å². The van der Waals surface area contributed by atoms with Gasteiger partial charge in [0.05, 0.1) is 0 Å². The van der Waals surface area contributed by atoms with Crippen LogP contribution in [0.25, 0.3) is 11.1 Å². The molecule has 3 aromatic rings. The van der Waals surface area contributed by atoms with Crippen LogP contribution in [0.3, 0.4) is 0 Å². The molecule has 178 valence electrons. The van der Waals surface area contributed by atoms with E-state index in [1.807, 2.05) is 13.8 Å². The standard InChI is InChI=1S/C15H14.C8H10.C4H6.C3H8.C2H6O/c1-15(2)13-9-5-3-7-11(13)12-8-4-6-10-14(12)15;1-7-3-5-8(2)6-4-7;1-3-4-2;2*1-3-2/h3-10H,1-2H3;3-6H,1-2H3;1-2H3;3H2,1-2H3;1-2H3. The Hall–Kier alpha value is -2.82. The lowest BCUT2D eigenvalue weighted by molar-refractivity contribution is 0.277. The van der Waals surface area contributed by atoms with Gasteiger partial charge < -0.3 is 4.74 Å². The Kier molecular flexibility index (Phi) is 15.3. The lowest BCUT2D eigenvalue weighted by Crippen LogP contribution is -2.14. The van der Waals surface area contributed by atoms with Crippen molar-refractivity contribution in [3.8, 4) is 23.0 Å². The summed E-state index contributed by atoms with van der Waals surface area (Å²) in [6.07, 6.45) is 1.25. The van der Waals surface area contributed by atoms with Gasteiger partial charge in [0.25, 0.3) is 0 Å². The summed E-state index contributed by atoms with van der Waals surface area (Å²) in [5.74, 6) is 5.36.